The Kier molecular flexibility index (Phi) is 7.14. The molecular formula is C22H25F3N2O4S. The lowest BCUT2D eigenvalue weighted by Gasteiger charge is -2.32. The topological polar surface area (TPSA) is 66.9 Å². The molecule has 0 atom stereocenters. The molecule has 174 valence electrons. The third-order valence-corrected chi connectivity index (χ3v) is 7.49. The maximum Gasteiger partial charge on any atom is 0.416 e. The van der Waals surface area contributed by atoms with Gasteiger partial charge < -0.3 is 9.64 Å². The fraction of sp³-hybridized carbons (Fsp3) is 0.409. The van der Waals surface area contributed by atoms with Gasteiger partial charge in [0.1, 0.15) is 5.75 Å². The number of nitrogens with zero attached hydrogens (tertiary/aromatic N) is 2. The van der Waals surface area contributed by atoms with Crippen molar-refractivity contribution in [3.63, 3.8) is 0 Å². The minimum atomic E-state index is -4.40. The molecule has 1 heterocycles. The van der Waals surface area contributed by atoms with Gasteiger partial charge in [-0.25, -0.2) is 8.42 Å². The van der Waals surface area contributed by atoms with Crippen molar-refractivity contribution in [3.05, 3.63) is 59.7 Å². The standard InChI is InChI=1S/C22H25F3N2O4S/c1-26(15-16-3-5-18(6-4-16)22(23,24)25)21(28)17-11-13-27(14-12-17)32(29,30)20-9-7-19(31-2)8-10-20/h3-10,17H,11-15H2,1-2H3. The Morgan fingerprint density at radius 2 is 1.62 bits per heavy atom. The second-order valence-electron chi connectivity index (χ2n) is 7.74. The van der Waals surface area contributed by atoms with Gasteiger partial charge in [0.25, 0.3) is 0 Å². The van der Waals surface area contributed by atoms with Crippen LogP contribution in [0, 0.1) is 5.92 Å². The van der Waals surface area contributed by atoms with Gasteiger partial charge in [0.05, 0.1) is 17.6 Å². The first-order valence-electron chi connectivity index (χ1n) is 10.1. The van der Waals surface area contributed by atoms with Crippen LogP contribution in [-0.2, 0) is 27.5 Å². The Bertz CT molecular complexity index is 1030. The minimum Gasteiger partial charge on any atom is -0.497 e. The Labute approximate surface area is 185 Å². The maximum atomic E-state index is 12.8. The molecule has 0 bridgehead atoms. The highest BCUT2D eigenvalue weighted by Gasteiger charge is 2.33. The quantitative estimate of drug-likeness (QED) is 0.645. The molecule has 0 radical (unpaired) electrons. The van der Waals surface area contributed by atoms with Gasteiger partial charge >= 0.3 is 6.18 Å². The number of amides is 1. The molecule has 1 amide bonds. The molecule has 0 aliphatic carbocycles. The highest BCUT2D eigenvalue weighted by atomic mass is 32.2. The van der Waals surface area contributed by atoms with Crippen LogP contribution in [0.5, 0.6) is 5.75 Å². The van der Waals surface area contributed by atoms with Crippen molar-refractivity contribution in [1.82, 2.24) is 9.21 Å². The van der Waals surface area contributed by atoms with E-state index in [-0.39, 0.29) is 36.4 Å². The molecule has 1 aliphatic rings. The Morgan fingerprint density at radius 3 is 2.12 bits per heavy atom. The molecule has 6 nitrogen and oxygen atoms in total. The molecule has 0 aromatic heterocycles. The molecule has 0 saturated carbocycles. The maximum absolute atomic E-state index is 12.8. The van der Waals surface area contributed by atoms with Gasteiger partial charge in [0.15, 0.2) is 0 Å². The number of benzene rings is 2. The lowest BCUT2D eigenvalue weighted by molar-refractivity contribution is -0.138. The van der Waals surface area contributed by atoms with Crippen molar-refractivity contribution in [2.75, 3.05) is 27.2 Å². The van der Waals surface area contributed by atoms with E-state index in [0.717, 1.165) is 12.1 Å². The number of halogens is 3. The van der Waals surface area contributed by atoms with E-state index >= 15 is 0 Å². The number of hydrogen-bond acceptors (Lipinski definition) is 4. The summed E-state index contributed by atoms with van der Waals surface area (Å²) in [7, 11) is -0.563. The monoisotopic (exact) mass is 470 g/mol. The molecule has 2 aromatic carbocycles. The first-order chi connectivity index (χ1) is 15.0. The summed E-state index contributed by atoms with van der Waals surface area (Å²) in [6.07, 6.45) is -3.64. The molecule has 1 saturated heterocycles. The van der Waals surface area contributed by atoms with Crippen LogP contribution in [-0.4, -0.2) is 50.8 Å². The first kappa shape index (κ1) is 24.1. The van der Waals surface area contributed by atoms with Crippen LogP contribution in [0.3, 0.4) is 0 Å². The number of ether oxygens (including phenoxy) is 1. The summed E-state index contributed by atoms with van der Waals surface area (Å²) >= 11 is 0. The third kappa shape index (κ3) is 5.42. The summed E-state index contributed by atoms with van der Waals surface area (Å²) < 4.78 is 70.2. The average molecular weight is 471 g/mol. The van der Waals surface area contributed by atoms with Crippen LogP contribution in [0.25, 0.3) is 0 Å². The minimum absolute atomic E-state index is 0.147. The molecule has 10 heteroatoms. The van der Waals surface area contributed by atoms with Crippen LogP contribution < -0.4 is 4.74 Å². The van der Waals surface area contributed by atoms with Crippen LogP contribution >= 0.6 is 0 Å². The number of hydrogen-bond donors (Lipinski definition) is 0. The average Bonchev–Trinajstić information content (AvgIpc) is 2.78. The van der Waals surface area contributed by atoms with Gasteiger partial charge in [-0.2, -0.15) is 17.5 Å². The van der Waals surface area contributed by atoms with Crippen LogP contribution in [0.1, 0.15) is 24.0 Å². The smallest absolute Gasteiger partial charge is 0.416 e. The molecule has 32 heavy (non-hydrogen) atoms. The summed E-state index contributed by atoms with van der Waals surface area (Å²) in [5.74, 6) is 0.0764. The van der Waals surface area contributed by atoms with E-state index in [1.54, 1.807) is 19.2 Å². The second-order valence-corrected chi connectivity index (χ2v) is 9.68. The van der Waals surface area contributed by atoms with Gasteiger partial charge in [-0.05, 0) is 54.8 Å². The number of alkyl halides is 3. The van der Waals surface area contributed by atoms with Crippen LogP contribution in [0.15, 0.2) is 53.4 Å². The molecule has 1 fully saturated rings. The van der Waals surface area contributed by atoms with Crippen molar-refractivity contribution in [2.24, 2.45) is 5.92 Å². The SMILES string of the molecule is COc1ccc(S(=O)(=O)N2CCC(C(=O)N(C)Cc3ccc(C(F)(F)F)cc3)CC2)cc1. The largest absolute Gasteiger partial charge is 0.497 e. The fourth-order valence-electron chi connectivity index (χ4n) is 3.70. The van der Waals surface area contributed by atoms with E-state index in [9.17, 15) is 26.4 Å². The Hall–Kier alpha value is -2.59. The van der Waals surface area contributed by atoms with Gasteiger partial charge in [-0.15, -0.1) is 0 Å². The van der Waals surface area contributed by atoms with Crippen molar-refractivity contribution < 1.29 is 31.1 Å². The predicted molar refractivity (Wildman–Crippen MR) is 112 cm³/mol. The fourth-order valence-corrected chi connectivity index (χ4v) is 5.17. The van der Waals surface area contributed by atoms with E-state index in [4.69, 9.17) is 4.74 Å². The van der Waals surface area contributed by atoms with Gasteiger partial charge in [0, 0.05) is 32.6 Å². The first-order valence-corrected chi connectivity index (χ1v) is 11.5. The summed E-state index contributed by atoms with van der Waals surface area (Å²) in [6, 6.07) is 10.9. The molecule has 2 aromatic rings. The number of carbonyl (C=O) groups is 1. The highest BCUT2D eigenvalue weighted by Crippen LogP contribution is 2.30. The van der Waals surface area contributed by atoms with E-state index in [1.807, 2.05) is 0 Å². The van der Waals surface area contributed by atoms with E-state index < -0.39 is 21.8 Å². The number of sulfonamides is 1. The van der Waals surface area contributed by atoms with E-state index in [2.05, 4.69) is 0 Å². The zero-order valence-corrected chi connectivity index (χ0v) is 18.6. The van der Waals surface area contributed by atoms with E-state index in [1.165, 1.54) is 40.6 Å². The predicted octanol–water partition coefficient (Wildman–Crippen LogP) is 3.77. The molecule has 0 N–H and O–H groups in total. The number of piperidine rings is 1. The number of methoxy groups -OCH3 is 1. The van der Waals surface area contributed by atoms with Gasteiger partial charge in [-0.3, -0.25) is 4.79 Å². The zero-order valence-electron chi connectivity index (χ0n) is 17.8. The van der Waals surface area contributed by atoms with Crippen LogP contribution in [0.2, 0.25) is 0 Å². The lowest BCUT2D eigenvalue weighted by Crippen LogP contribution is -2.43. The Morgan fingerprint density at radius 1 is 1.06 bits per heavy atom. The molecular weight excluding hydrogens is 445 g/mol. The summed E-state index contributed by atoms with van der Waals surface area (Å²) in [4.78, 5) is 14.4. The second kappa shape index (κ2) is 9.50. The molecule has 3 rings (SSSR count). The van der Waals surface area contributed by atoms with Crippen molar-refractivity contribution in [3.8, 4) is 5.75 Å². The lowest BCUT2D eigenvalue weighted by atomic mass is 9.96. The summed E-state index contributed by atoms with van der Waals surface area (Å²) in [5.41, 5.74) is -0.144. The summed E-state index contributed by atoms with van der Waals surface area (Å²) in [6.45, 7) is 0.624. The van der Waals surface area contributed by atoms with Crippen LogP contribution in [0.4, 0.5) is 13.2 Å². The number of rotatable bonds is 6. The normalized spacial score (nSPS) is 16.0. The van der Waals surface area contributed by atoms with E-state index in [0.29, 0.717) is 24.2 Å². The van der Waals surface area contributed by atoms with Crippen molar-refractivity contribution >= 4 is 15.9 Å². The van der Waals surface area contributed by atoms with Gasteiger partial charge in [-0.1, -0.05) is 12.1 Å². The zero-order chi connectivity index (χ0) is 23.5. The summed E-state index contributed by atoms with van der Waals surface area (Å²) in [5, 5.41) is 0. The highest BCUT2D eigenvalue weighted by molar-refractivity contribution is 7.89. The van der Waals surface area contributed by atoms with Crippen molar-refractivity contribution in [2.45, 2.75) is 30.5 Å². The van der Waals surface area contributed by atoms with Gasteiger partial charge in [0.2, 0.25) is 15.9 Å². The third-order valence-electron chi connectivity index (χ3n) is 5.58. The molecule has 0 spiro atoms. The molecule has 0 unspecified atom stereocenters. The van der Waals surface area contributed by atoms with Crippen molar-refractivity contribution in [1.29, 1.82) is 0 Å². The Balaban J connectivity index is 1.57. The molecule has 1 aliphatic heterocycles. The number of carbonyl (C=O) groups excluding carboxylic acids is 1.